The van der Waals surface area contributed by atoms with Crippen LogP contribution in [-0.2, 0) is 0 Å². The van der Waals surface area contributed by atoms with Gasteiger partial charge in [-0.15, -0.1) is 12.3 Å². The van der Waals surface area contributed by atoms with E-state index in [1.54, 1.807) is 0 Å². The Morgan fingerprint density at radius 1 is 1.53 bits per heavy atom. The maximum atomic E-state index is 5.87. The summed E-state index contributed by atoms with van der Waals surface area (Å²) in [7, 11) is 0. The lowest BCUT2D eigenvalue weighted by atomic mass is 10.1. The third-order valence-corrected chi connectivity index (χ3v) is 2.84. The van der Waals surface area contributed by atoms with Crippen molar-refractivity contribution >= 4 is 26.9 Å². The lowest BCUT2D eigenvalue weighted by Gasteiger charge is -2.01. The van der Waals surface area contributed by atoms with Gasteiger partial charge in [0, 0.05) is 11.8 Å². The highest BCUT2D eigenvalue weighted by atomic mass is 79.9. The fraction of sp³-hybridized carbons (Fsp3) is 0.167. The van der Waals surface area contributed by atoms with Gasteiger partial charge in [-0.3, -0.25) is 0 Å². The quantitative estimate of drug-likeness (QED) is 0.846. The number of rotatable bonds is 2. The van der Waals surface area contributed by atoms with E-state index in [4.69, 9.17) is 16.6 Å². The molecule has 1 aromatic heterocycles. The molecule has 0 radical (unpaired) electrons. The number of hydrogen-bond donors (Lipinski definition) is 1. The van der Waals surface area contributed by atoms with Crippen LogP contribution in [0.4, 0.5) is 0 Å². The molecule has 2 rings (SSSR count). The Balaban J connectivity index is 2.48. The SMILES string of the molecule is C#CCC(N)c1cc2cccc(Br)c2o1. The summed E-state index contributed by atoms with van der Waals surface area (Å²) >= 11 is 3.42. The van der Waals surface area contributed by atoms with Gasteiger partial charge >= 0.3 is 0 Å². The van der Waals surface area contributed by atoms with Gasteiger partial charge in [-0.1, -0.05) is 12.1 Å². The summed E-state index contributed by atoms with van der Waals surface area (Å²) in [6.45, 7) is 0. The first-order valence-electron chi connectivity index (χ1n) is 4.59. The molecule has 0 bridgehead atoms. The summed E-state index contributed by atoms with van der Waals surface area (Å²) in [5, 5.41) is 1.03. The van der Waals surface area contributed by atoms with Crippen molar-refractivity contribution < 1.29 is 4.42 Å². The van der Waals surface area contributed by atoms with E-state index >= 15 is 0 Å². The molecule has 2 aromatic rings. The second-order valence-corrected chi connectivity index (χ2v) is 4.18. The summed E-state index contributed by atoms with van der Waals surface area (Å²) in [5.74, 6) is 3.26. The Morgan fingerprint density at radius 3 is 3.00 bits per heavy atom. The van der Waals surface area contributed by atoms with E-state index in [0.717, 1.165) is 21.2 Å². The van der Waals surface area contributed by atoms with Crippen molar-refractivity contribution in [2.24, 2.45) is 5.73 Å². The van der Waals surface area contributed by atoms with Crippen molar-refractivity contribution in [1.29, 1.82) is 0 Å². The van der Waals surface area contributed by atoms with Gasteiger partial charge < -0.3 is 10.2 Å². The second kappa shape index (κ2) is 4.09. The minimum absolute atomic E-state index is 0.228. The molecule has 15 heavy (non-hydrogen) atoms. The number of terminal acetylenes is 1. The molecule has 0 aliphatic heterocycles. The van der Waals surface area contributed by atoms with Crippen LogP contribution in [0.1, 0.15) is 18.2 Å². The van der Waals surface area contributed by atoms with E-state index in [-0.39, 0.29) is 6.04 Å². The van der Waals surface area contributed by atoms with Crippen LogP contribution >= 0.6 is 15.9 Å². The number of fused-ring (bicyclic) bond motifs is 1. The zero-order valence-corrected chi connectivity index (χ0v) is 9.62. The lowest BCUT2D eigenvalue weighted by Crippen LogP contribution is -2.07. The summed E-state index contributed by atoms with van der Waals surface area (Å²) in [5.41, 5.74) is 6.69. The maximum Gasteiger partial charge on any atom is 0.148 e. The Bertz CT molecular complexity index is 524. The predicted octanol–water partition coefficient (Wildman–Crippen LogP) is 3.22. The summed E-state index contributed by atoms with van der Waals surface area (Å²) < 4.78 is 6.58. The zero-order valence-electron chi connectivity index (χ0n) is 8.03. The number of halogens is 1. The smallest absolute Gasteiger partial charge is 0.148 e. The number of hydrogen-bond acceptors (Lipinski definition) is 2. The molecule has 0 saturated carbocycles. The molecule has 1 heterocycles. The van der Waals surface area contributed by atoms with Gasteiger partial charge in [0.05, 0.1) is 10.5 Å². The van der Waals surface area contributed by atoms with Crippen molar-refractivity contribution in [1.82, 2.24) is 0 Å². The third-order valence-electron chi connectivity index (χ3n) is 2.22. The first-order valence-corrected chi connectivity index (χ1v) is 5.38. The number of nitrogens with two attached hydrogens (primary N) is 1. The minimum atomic E-state index is -0.228. The molecule has 1 atom stereocenters. The topological polar surface area (TPSA) is 39.2 Å². The predicted molar refractivity (Wildman–Crippen MR) is 64.3 cm³/mol. The fourth-order valence-corrected chi connectivity index (χ4v) is 1.92. The molecule has 2 nitrogen and oxygen atoms in total. The van der Waals surface area contributed by atoms with Gasteiger partial charge in [0.15, 0.2) is 0 Å². The van der Waals surface area contributed by atoms with Crippen molar-refractivity contribution in [2.45, 2.75) is 12.5 Å². The van der Waals surface area contributed by atoms with Crippen LogP contribution in [0.15, 0.2) is 33.2 Å². The number of furan rings is 1. The highest BCUT2D eigenvalue weighted by molar-refractivity contribution is 9.10. The van der Waals surface area contributed by atoms with E-state index in [1.165, 1.54) is 0 Å². The monoisotopic (exact) mass is 263 g/mol. The molecule has 0 fully saturated rings. The molecule has 0 saturated heterocycles. The van der Waals surface area contributed by atoms with E-state index in [2.05, 4.69) is 21.9 Å². The summed E-state index contributed by atoms with van der Waals surface area (Å²) in [4.78, 5) is 0. The largest absolute Gasteiger partial charge is 0.458 e. The average molecular weight is 264 g/mol. The van der Waals surface area contributed by atoms with Gasteiger partial charge in [-0.2, -0.15) is 0 Å². The Morgan fingerprint density at radius 2 is 2.33 bits per heavy atom. The van der Waals surface area contributed by atoms with E-state index in [0.29, 0.717) is 6.42 Å². The van der Waals surface area contributed by atoms with Crippen LogP contribution in [0, 0.1) is 12.3 Å². The van der Waals surface area contributed by atoms with Crippen LogP contribution in [0.5, 0.6) is 0 Å². The third kappa shape index (κ3) is 1.92. The Labute approximate surface area is 96.6 Å². The number of benzene rings is 1. The molecule has 1 aromatic carbocycles. The van der Waals surface area contributed by atoms with Crippen LogP contribution in [0.2, 0.25) is 0 Å². The van der Waals surface area contributed by atoms with Gasteiger partial charge in [-0.25, -0.2) is 0 Å². The Hall–Kier alpha value is -1.24. The molecule has 0 aliphatic carbocycles. The number of para-hydroxylation sites is 1. The highest BCUT2D eigenvalue weighted by Crippen LogP contribution is 2.29. The minimum Gasteiger partial charge on any atom is -0.458 e. The maximum absolute atomic E-state index is 5.87. The molecule has 0 aliphatic rings. The Kier molecular flexibility index (Phi) is 2.81. The molecule has 2 N–H and O–H groups in total. The molecule has 0 amide bonds. The zero-order chi connectivity index (χ0) is 10.8. The van der Waals surface area contributed by atoms with Crippen LogP contribution in [0.3, 0.4) is 0 Å². The summed E-state index contributed by atoms with van der Waals surface area (Å²) in [6.07, 6.45) is 5.69. The summed E-state index contributed by atoms with van der Waals surface area (Å²) in [6, 6.07) is 7.58. The van der Waals surface area contributed by atoms with Crippen LogP contribution in [-0.4, -0.2) is 0 Å². The molecule has 76 valence electrons. The molecular formula is C12H10BrNO. The van der Waals surface area contributed by atoms with Gasteiger partial charge in [0.25, 0.3) is 0 Å². The lowest BCUT2D eigenvalue weighted by molar-refractivity contribution is 0.499. The molecule has 1 unspecified atom stereocenters. The standard InChI is InChI=1S/C12H10BrNO/c1-2-4-10(14)11-7-8-5-3-6-9(13)12(8)15-11/h1,3,5-7,10H,4,14H2. The van der Waals surface area contributed by atoms with Gasteiger partial charge in [0.2, 0.25) is 0 Å². The first-order chi connectivity index (χ1) is 7.22. The van der Waals surface area contributed by atoms with Crippen molar-refractivity contribution in [3.8, 4) is 12.3 Å². The van der Waals surface area contributed by atoms with Crippen molar-refractivity contribution in [2.75, 3.05) is 0 Å². The molecule has 0 spiro atoms. The van der Waals surface area contributed by atoms with Crippen LogP contribution in [0.25, 0.3) is 11.0 Å². The molecular weight excluding hydrogens is 254 g/mol. The van der Waals surface area contributed by atoms with Crippen LogP contribution < -0.4 is 5.73 Å². The van der Waals surface area contributed by atoms with E-state index in [1.807, 2.05) is 24.3 Å². The molecule has 3 heteroatoms. The van der Waals surface area contributed by atoms with E-state index in [9.17, 15) is 0 Å². The highest BCUT2D eigenvalue weighted by Gasteiger charge is 2.12. The van der Waals surface area contributed by atoms with Gasteiger partial charge in [-0.05, 0) is 28.1 Å². The van der Waals surface area contributed by atoms with Crippen molar-refractivity contribution in [3.05, 3.63) is 34.5 Å². The average Bonchev–Trinajstić information content (AvgIpc) is 2.63. The van der Waals surface area contributed by atoms with Gasteiger partial charge in [0.1, 0.15) is 11.3 Å². The van der Waals surface area contributed by atoms with Crippen molar-refractivity contribution in [3.63, 3.8) is 0 Å². The normalized spacial score (nSPS) is 12.6. The van der Waals surface area contributed by atoms with E-state index < -0.39 is 0 Å². The first kappa shape index (κ1) is 10.3. The second-order valence-electron chi connectivity index (χ2n) is 3.32. The fourth-order valence-electron chi connectivity index (χ4n) is 1.46.